The quantitative estimate of drug-likeness (QED) is 0.822. The maximum absolute atomic E-state index is 11.6. The van der Waals surface area contributed by atoms with Gasteiger partial charge in [-0.2, -0.15) is 0 Å². The van der Waals surface area contributed by atoms with Gasteiger partial charge in [0.1, 0.15) is 10.8 Å². The van der Waals surface area contributed by atoms with Crippen molar-refractivity contribution in [2.75, 3.05) is 6.54 Å². The molecule has 0 saturated heterocycles. The van der Waals surface area contributed by atoms with Gasteiger partial charge in [0, 0.05) is 17.3 Å². The van der Waals surface area contributed by atoms with E-state index in [2.05, 4.69) is 4.98 Å². The zero-order valence-corrected chi connectivity index (χ0v) is 9.65. The number of aromatic nitrogens is 1. The molecule has 0 aliphatic heterocycles. The monoisotopic (exact) mass is 212 g/mol. The number of Topliss-reactive ketones (excluding diaryl/α,β-unsaturated/α-hetero) is 1. The smallest absolute Gasteiger partial charge is 0.143 e. The Morgan fingerprint density at radius 2 is 2.21 bits per heavy atom. The second-order valence-corrected chi connectivity index (χ2v) is 4.82. The molecule has 1 unspecified atom stereocenters. The van der Waals surface area contributed by atoms with Crippen molar-refractivity contribution in [2.45, 2.75) is 27.2 Å². The van der Waals surface area contributed by atoms with E-state index in [0.29, 0.717) is 13.0 Å². The number of nitrogens with two attached hydrogens (primary N) is 1. The summed E-state index contributed by atoms with van der Waals surface area (Å²) in [5.41, 5.74) is 6.45. The molecule has 2 N–H and O–H groups in total. The van der Waals surface area contributed by atoms with Crippen LogP contribution in [0, 0.1) is 19.8 Å². The third-order valence-electron chi connectivity index (χ3n) is 2.30. The maximum atomic E-state index is 11.6. The average Bonchev–Trinajstić information content (AvgIpc) is 2.44. The van der Waals surface area contributed by atoms with Crippen LogP contribution in [0.3, 0.4) is 0 Å². The molecule has 0 fully saturated rings. The van der Waals surface area contributed by atoms with Gasteiger partial charge in [-0.1, -0.05) is 6.92 Å². The highest BCUT2D eigenvalue weighted by Gasteiger charge is 2.14. The van der Waals surface area contributed by atoms with Crippen LogP contribution in [0.15, 0.2) is 0 Å². The van der Waals surface area contributed by atoms with Crippen LogP contribution in [0.4, 0.5) is 0 Å². The van der Waals surface area contributed by atoms with E-state index in [9.17, 15) is 4.79 Å². The van der Waals surface area contributed by atoms with Crippen LogP contribution in [-0.4, -0.2) is 17.3 Å². The molecule has 0 amide bonds. The summed E-state index contributed by atoms with van der Waals surface area (Å²) in [5, 5.41) is 0.908. The van der Waals surface area contributed by atoms with Crippen molar-refractivity contribution in [3.8, 4) is 0 Å². The highest BCUT2D eigenvalue weighted by atomic mass is 32.1. The normalized spacial score (nSPS) is 12.9. The summed E-state index contributed by atoms with van der Waals surface area (Å²) in [5.74, 6) is 0.126. The topological polar surface area (TPSA) is 56.0 Å². The first-order valence-electron chi connectivity index (χ1n) is 4.70. The van der Waals surface area contributed by atoms with Crippen molar-refractivity contribution in [3.05, 3.63) is 15.6 Å². The molecule has 1 rings (SSSR count). The molecule has 14 heavy (non-hydrogen) atoms. The van der Waals surface area contributed by atoms with Crippen LogP contribution in [0.25, 0.3) is 0 Å². The van der Waals surface area contributed by atoms with Gasteiger partial charge in [0.2, 0.25) is 0 Å². The number of hydrogen-bond acceptors (Lipinski definition) is 4. The van der Waals surface area contributed by atoms with Gasteiger partial charge in [-0.05, 0) is 13.8 Å². The summed E-state index contributed by atoms with van der Waals surface area (Å²) >= 11 is 1.60. The Morgan fingerprint density at radius 1 is 1.57 bits per heavy atom. The highest BCUT2D eigenvalue weighted by Crippen LogP contribution is 2.17. The van der Waals surface area contributed by atoms with E-state index in [1.165, 1.54) is 4.88 Å². The number of carbonyl (C=O) groups is 1. The Kier molecular flexibility index (Phi) is 3.77. The molecule has 0 bridgehead atoms. The molecule has 1 aromatic rings. The standard InChI is InChI=1S/C10H16N2OS/c1-6(5-11)9(13)4-10-12-7(2)8(3)14-10/h6H,4-5,11H2,1-3H3. The van der Waals surface area contributed by atoms with Crippen LogP contribution in [0.2, 0.25) is 0 Å². The van der Waals surface area contributed by atoms with E-state index in [4.69, 9.17) is 5.73 Å². The molecular weight excluding hydrogens is 196 g/mol. The van der Waals surface area contributed by atoms with E-state index < -0.39 is 0 Å². The second kappa shape index (κ2) is 4.66. The second-order valence-electron chi connectivity index (χ2n) is 3.53. The van der Waals surface area contributed by atoms with Gasteiger partial charge in [0.15, 0.2) is 0 Å². The number of hydrogen-bond donors (Lipinski definition) is 1. The van der Waals surface area contributed by atoms with Gasteiger partial charge in [-0.15, -0.1) is 11.3 Å². The molecule has 0 saturated carbocycles. The Morgan fingerprint density at radius 3 is 2.64 bits per heavy atom. The zero-order valence-electron chi connectivity index (χ0n) is 8.83. The number of thiazole rings is 1. The molecule has 0 spiro atoms. The van der Waals surface area contributed by atoms with Gasteiger partial charge >= 0.3 is 0 Å². The molecule has 3 nitrogen and oxygen atoms in total. The van der Waals surface area contributed by atoms with E-state index in [1.54, 1.807) is 11.3 Å². The number of carbonyl (C=O) groups excluding carboxylic acids is 1. The van der Waals surface area contributed by atoms with Crippen molar-refractivity contribution >= 4 is 17.1 Å². The van der Waals surface area contributed by atoms with Crippen LogP contribution in [0.1, 0.15) is 22.5 Å². The minimum atomic E-state index is -0.0560. The van der Waals surface area contributed by atoms with Gasteiger partial charge < -0.3 is 5.73 Å². The maximum Gasteiger partial charge on any atom is 0.143 e. The van der Waals surface area contributed by atoms with Crippen molar-refractivity contribution in [2.24, 2.45) is 11.7 Å². The number of aryl methyl sites for hydroxylation is 2. The largest absolute Gasteiger partial charge is 0.330 e. The number of rotatable bonds is 4. The van der Waals surface area contributed by atoms with Crippen LogP contribution in [0.5, 0.6) is 0 Å². The van der Waals surface area contributed by atoms with Gasteiger partial charge in [-0.3, -0.25) is 4.79 Å². The van der Waals surface area contributed by atoms with Crippen molar-refractivity contribution in [3.63, 3.8) is 0 Å². The Bertz CT molecular complexity index is 313. The lowest BCUT2D eigenvalue weighted by atomic mass is 10.1. The fraction of sp³-hybridized carbons (Fsp3) is 0.600. The molecule has 1 heterocycles. The summed E-state index contributed by atoms with van der Waals surface area (Å²) in [6, 6.07) is 0. The summed E-state index contributed by atoms with van der Waals surface area (Å²) < 4.78 is 0. The Labute approximate surface area is 88.3 Å². The van der Waals surface area contributed by atoms with E-state index >= 15 is 0 Å². The molecule has 0 aliphatic rings. The molecule has 0 aromatic carbocycles. The minimum Gasteiger partial charge on any atom is -0.330 e. The predicted octanol–water partition coefficient (Wildman–Crippen LogP) is 1.47. The van der Waals surface area contributed by atoms with Gasteiger partial charge in [-0.25, -0.2) is 4.98 Å². The lowest BCUT2D eigenvalue weighted by molar-refractivity contribution is -0.121. The minimum absolute atomic E-state index is 0.0560. The average molecular weight is 212 g/mol. The van der Waals surface area contributed by atoms with Crippen molar-refractivity contribution in [1.29, 1.82) is 0 Å². The lowest BCUT2D eigenvalue weighted by Crippen LogP contribution is -2.22. The highest BCUT2D eigenvalue weighted by molar-refractivity contribution is 7.11. The summed E-state index contributed by atoms with van der Waals surface area (Å²) in [6.07, 6.45) is 0.428. The molecule has 0 aliphatic carbocycles. The van der Waals surface area contributed by atoms with Crippen molar-refractivity contribution < 1.29 is 4.79 Å². The lowest BCUT2D eigenvalue weighted by Gasteiger charge is -2.04. The SMILES string of the molecule is Cc1nc(CC(=O)C(C)CN)sc1C. The number of ketones is 1. The first kappa shape index (κ1) is 11.3. The first-order chi connectivity index (χ1) is 6.54. The predicted molar refractivity (Wildman–Crippen MR) is 58.5 cm³/mol. The fourth-order valence-electron chi connectivity index (χ4n) is 1.07. The van der Waals surface area contributed by atoms with E-state index in [0.717, 1.165) is 10.7 Å². The summed E-state index contributed by atoms with van der Waals surface area (Å²) in [7, 11) is 0. The summed E-state index contributed by atoms with van der Waals surface area (Å²) in [6.45, 7) is 6.26. The van der Waals surface area contributed by atoms with Gasteiger partial charge in [0.05, 0.1) is 12.1 Å². The van der Waals surface area contributed by atoms with Crippen LogP contribution >= 0.6 is 11.3 Å². The third-order valence-corrected chi connectivity index (χ3v) is 3.37. The molecule has 1 atom stereocenters. The molecule has 4 heteroatoms. The molecule has 0 radical (unpaired) electrons. The van der Waals surface area contributed by atoms with E-state index in [-0.39, 0.29) is 11.7 Å². The molecule has 78 valence electrons. The molecule has 1 aromatic heterocycles. The van der Waals surface area contributed by atoms with Crippen LogP contribution in [-0.2, 0) is 11.2 Å². The summed E-state index contributed by atoms with van der Waals surface area (Å²) in [4.78, 5) is 17.1. The Hall–Kier alpha value is -0.740. The molecular formula is C10H16N2OS. The Balaban J connectivity index is 2.65. The van der Waals surface area contributed by atoms with E-state index in [1.807, 2.05) is 20.8 Å². The third kappa shape index (κ3) is 2.62. The van der Waals surface area contributed by atoms with Crippen LogP contribution < -0.4 is 5.73 Å². The van der Waals surface area contributed by atoms with Crippen molar-refractivity contribution in [1.82, 2.24) is 4.98 Å². The first-order valence-corrected chi connectivity index (χ1v) is 5.52. The zero-order chi connectivity index (χ0) is 10.7. The van der Waals surface area contributed by atoms with Gasteiger partial charge in [0.25, 0.3) is 0 Å². The fourth-order valence-corrected chi connectivity index (χ4v) is 2.01. The number of nitrogens with zero attached hydrogens (tertiary/aromatic N) is 1.